The first-order valence-electron chi connectivity index (χ1n) is 5.19. The normalized spacial score (nSPS) is 11.9. The molecule has 0 aromatic carbocycles. The summed E-state index contributed by atoms with van der Waals surface area (Å²) in [6.45, 7) is 4.03. The van der Waals surface area contributed by atoms with Crippen molar-refractivity contribution in [3.63, 3.8) is 0 Å². The summed E-state index contributed by atoms with van der Waals surface area (Å²) in [7, 11) is 1.66. The standard InChI is InChI=1S/C9H16N6O2/c1-4-15(3)8(17)5(2)11-7(16)6-12-9(10)14-13-6/h5H,4H2,1-3H3,(H,11,16)(H3,10,12,13,14). The van der Waals surface area contributed by atoms with Crippen LogP contribution in [-0.2, 0) is 4.79 Å². The van der Waals surface area contributed by atoms with Gasteiger partial charge in [-0.2, -0.15) is 4.98 Å². The molecule has 1 aromatic heterocycles. The summed E-state index contributed by atoms with van der Waals surface area (Å²) >= 11 is 0. The second-order valence-electron chi connectivity index (χ2n) is 3.59. The van der Waals surface area contributed by atoms with Gasteiger partial charge in [-0.1, -0.05) is 0 Å². The van der Waals surface area contributed by atoms with Crippen LogP contribution in [0.2, 0.25) is 0 Å². The molecule has 8 heteroatoms. The van der Waals surface area contributed by atoms with Crippen molar-refractivity contribution >= 4 is 17.8 Å². The van der Waals surface area contributed by atoms with E-state index >= 15 is 0 Å². The van der Waals surface area contributed by atoms with Crippen molar-refractivity contribution in [2.45, 2.75) is 19.9 Å². The molecule has 0 radical (unpaired) electrons. The topological polar surface area (TPSA) is 117 Å². The maximum Gasteiger partial charge on any atom is 0.289 e. The van der Waals surface area contributed by atoms with Crippen LogP contribution in [0, 0.1) is 0 Å². The molecule has 0 spiro atoms. The molecule has 1 rings (SSSR count). The van der Waals surface area contributed by atoms with Crippen LogP contribution in [0.3, 0.4) is 0 Å². The van der Waals surface area contributed by atoms with Crippen molar-refractivity contribution in [2.75, 3.05) is 19.3 Å². The number of carbonyl (C=O) groups excluding carboxylic acids is 2. The molecule has 0 fully saturated rings. The number of rotatable bonds is 4. The van der Waals surface area contributed by atoms with Crippen molar-refractivity contribution in [3.05, 3.63) is 5.82 Å². The van der Waals surface area contributed by atoms with E-state index in [9.17, 15) is 9.59 Å². The van der Waals surface area contributed by atoms with E-state index < -0.39 is 11.9 Å². The van der Waals surface area contributed by atoms with Crippen LogP contribution in [0.1, 0.15) is 24.5 Å². The van der Waals surface area contributed by atoms with Crippen LogP contribution in [-0.4, -0.2) is 51.5 Å². The molecule has 0 aliphatic carbocycles. The van der Waals surface area contributed by atoms with Gasteiger partial charge in [0.2, 0.25) is 17.7 Å². The number of amides is 2. The minimum Gasteiger partial charge on any atom is -0.366 e. The Labute approximate surface area is 98.6 Å². The largest absolute Gasteiger partial charge is 0.366 e. The van der Waals surface area contributed by atoms with Gasteiger partial charge in [-0.3, -0.25) is 14.7 Å². The number of nitrogens with zero attached hydrogens (tertiary/aromatic N) is 3. The molecule has 1 atom stereocenters. The smallest absolute Gasteiger partial charge is 0.289 e. The van der Waals surface area contributed by atoms with E-state index in [0.717, 1.165) is 0 Å². The first-order chi connectivity index (χ1) is 7.95. The first-order valence-corrected chi connectivity index (χ1v) is 5.19. The summed E-state index contributed by atoms with van der Waals surface area (Å²) in [5.74, 6) is -0.714. The van der Waals surface area contributed by atoms with Gasteiger partial charge in [0.15, 0.2) is 0 Å². The summed E-state index contributed by atoms with van der Waals surface area (Å²) in [5.41, 5.74) is 5.27. The van der Waals surface area contributed by atoms with Gasteiger partial charge in [0.1, 0.15) is 6.04 Å². The number of H-pyrrole nitrogens is 1. The highest BCUT2D eigenvalue weighted by Gasteiger charge is 2.20. The summed E-state index contributed by atoms with van der Waals surface area (Å²) in [4.78, 5) is 28.5. The lowest BCUT2D eigenvalue weighted by Gasteiger charge is -2.19. The van der Waals surface area contributed by atoms with Crippen LogP contribution >= 0.6 is 0 Å². The average molecular weight is 240 g/mol. The van der Waals surface area contributed by atoms with Crippen molar-refractivity contribution in [2.24, 2.45) is 0 Å². The molecule has 8 nitrogen and oxygen atoms in total. The molecule has 4 N–H and O–H groups in total. The number of likely N-dealkylation sites (N-methyl/N-ethyl adjacent to an activating group) is 1. The Hall–Kier alpha value is -2.12. The molecule has 1 unspecified atom stereocenters. The highest BCUT2D eigenvalue weighted by Crippen LogP contribution is 1.96. The predicted molar refractivity (Wildman–Crippen MR) is 61.0 cm³/mol. The zero-order valence-corrected chi connectivity index (χ0v) is 10.0. The van der Waals surface area contributed by atoms with E-state index in [1.54, 1.807) is 14.0 Å². The van der Waals surface area contributed by atoms with Crippen LogP contribution in [0.15, 0.2) is 0 Å². The second kappa shape index (κ2) is 5.28. The Morgan fingerprint density at radius 1 is 1.59 bits per heavy atom. The Bertz CT molecular complexity index is 415. The number of hydrogen-bond donors (Lipinski definition) is 3. The Kier molecular flexibility index (Phi) is 4.02. The monoisotopic (exact) mass is 240 g/mol. The van der Waals surface area contributed by atoms with Gasteiger partial charge in [0.25, 0.3) is 5.91 Å². The van der Waals surface area contributed by atoms with E-state index in [-0.39, 0.29) is 17.7 Å². The van der Waals surface area contributed by atoms with Crippen LogP contribution in [0.4, 0.5) is 5.95 Å². The number of nitrogen functional groups attached to an aromatic ring is 1. The van der Waals surface area contributed by atoms with Crippen molar-refractivity contribution < 1.29 is 9.59 Å². The Morgan fingerprint density at radius 2 is 2.24 bits per heavy atom. The zero-order chi connectivity index (χ0) is 13.0. The van der Waals surface area contributed by atoms with Gasteiger partial charge in [-0.15, -0.1) is 5.10 Å². The van der Waals surface area contributed by atoms with Crippen LogP contribution < -0.4 is 11.1 Å². The predicted octanol–water partition coefficient (Wildman–Crippen LogP) is -1.02. The van der Waals surface area contributed by atoms with Gasteiger partial charge in [-0.25, -0.2) is 0 Å². The molecule has 0 saturated carbocycles. The summed E-state index contributed by atoms with van der Waals surface area (Å²) in [6, 6.07) is -0.626. The fourth-order valence-corrected chi connectivity index (χ4v) is 1.19. The number of nitrogens with one attached hydrogen (secondary N) is 2. The first kappa shape index (κ1) is 12.9. The van der Waals surface area contributed by atoms with E-state index in [2.05, 4.69) is 20.5 Å². The van der Waals surface area contributed by atoms with Gasteiger partial charge in [-0.05, 0) is 13.8 Å². The average Bonchev–Trinajstić information content (AvgIpc) is 2.73. The molecule has 1 aromatic rings. The van der Waals surface area contributed by atoms with E-state index in [0.29, 0.717) is 6.54 Å². The fraction of sp³-hybridized carbons (Fsp3) is 0.556. The van der Waals surface area contributed by atoms with Gasteiger partial charge < -0.3 is 16.0 Å². The molecular formula is C9H16N6O2. The molecule has 17 heavy (non-hydrogen) atoms. The molecule has 1 heterocycles. The van der Waals surface area contributed by atoms with Crippen LogP contribution in [0.5, 0.6) is 0 Å². The number of carbonyl (C=O) groups is 2. The number of hydrogen-bond acceptors (Lipinski definition) is 5. The van der Waals surface area contributed by atoms with Gasteiger partial charge >= 0.3 is 0 Å². The summed E-state index contributed by atoms with van der Waals surface area (Å²) in [5, 5.41) is 8.40. The molecule has 0 saturated heterocycles. The quantitative estimate of drug-likeness (QED) is 0.623. The fourth-order valence-electron chi connectivity index (χ4n) is 1.19. The van der Waals surface area contributed by atoms with Crippen molar-refractivity contribution in [3.8, 4) is 0 Å². The number of anilines is 1. The Morgan fingerprint density at radius 3 is 2.71 bits per heavy atom. The third-order valence-corrected chi connectivity index (χ3v) is 2.29. The maximum absolute atomic E-state index is 11.7. The Balaban J connectivity index is 2.60. The lowest BCUT2D eigenvalue weighted by atomic mass is 10.3. The molecule has 0 aliphatic rings. The third kappa shape index (κ3) is 3.16. The number of nitrogens with two attached hydrogens (primary N) is 1. The number of aromatic amines is 1. The summed E-state index contributed by atoms with van der Waals surface area (Å²) < 4.78 is 0. The third-order valence-electron chi connectivity index (χ3n) is 2.29. The van der Waals surface area contributed by atoms with Crippen molar-refractivity contribution in [1.82, 2.24) is 25.4 Å². The highest BCUT2D eigenvalue weighted by atomic mass is 16.2. The minimum atomic E-state index is -0.626. The molecule has 2 amide bonds. The number of aromatic nitrogens is 3. The zero-order valence-electron chi connectivity index (χ0n) is 10.0. The van der Waals surface area contributed by atoms with Crippen LogP contribution in [0.25, 0.3) is 0 Å². The minimum absolute atomic E-state index is 0.0127. The molecule has 0 bridgehead atoms. The van der Waals surface area contributed by atoms with Crippen molar-refractivity contribution in [1.29, 1.82) is 0 Å². The van der Waals surface area contributed by atoms with Gasteiger partial charge in [0.05, 0.1) is 0 Å². The maximum atomic E-state index is 11.7. The lowest BCUT2D eigenvalue weighted by Crippen LogP contribution is -2.45. The SMILES string of the molecule is CCN(C)C(=O)C(C)NC(=O)c1nc(N)n[nH]1. The second-order valence-corrected chi connectivity index (χ2v) is 3.59. The molecular weight excluding hydrogens is 224 g/mol. The lowest BCUT2D eigenvalue weighted by molar-refractivity contribution is -0.131. The van der Waals surface area contributed by atoms with E-state index in [4.69, 9.17) is 5.73 Å². The molecule has 94 valence electrons. The highest BCUT2D eigenvalue weighted by molar-refractivity contribution is 5.94. The van der Waals surface area contributed by atoms with E-state index in [1.807, 2.05) is 6.92 Å². The molecule has 0 aliphatic heterocycles. The summed E-state index contributed by atoms with van der Waals surface area (Å²) in [6.07, 6.45) is 0. The van der Waals surface area contributed by atoms with E-state index in [1.165, 1.54) is 4.90 Å². The van der Waals surface area contributed by atoms with Gasteiger partial charge in [0, 0.05) is 13.6 Å².